The van der Waals surface area contributed by atoms with Gasteiger partial charge in [-0.1, -0.05) is 0 Å². The minimum atomic E-state index is -0.485. The third kappa shape index (κ3) is 3.83. The van der Waals surface area contributed by atoms with Crippen LogP contribution in [0.2, 0.25) is 0 Å². The van der Waals surface area contributed by atoms with E-state index in [9.17, 15) is 5.11 Å². The molecule has 2 N–H and O–H groups in total. The van der Waals surface area contributed by atoms with E-state index < -0.39 is 6.10 Å². The van der Waals surface area contributed by atoms with Gasteiger partial charge in [-0.25, -0.2) is 0 Å². The van der Waals surface area contributed by atoms with Gasteiger partial charge in [0, 0.05) is 41.9 Å². The molecule has 1 unspecified atom stereocenters. The second-order valence-corrected chi connectivity index (χ2v) is 6.71. The molecule has 0 bridgehead atoms. The molecule has 1 saturated heterocycles. The lowest BCUT2D eigenvalue weighted by atomic mass is 9.97. The summed E-state index contributed by atoms with van der Waals surface area (Å²) in [6.45, 7) is 4.18. The molecular weight excluding hydrogens is 288 g/mol. The van der Waals surface area contributed by atoms with Crippen LogP contribution < -0.4 is 4.74 Å². The maximum absolute atomic E-state index is 10.1. The number of aryl methyl sites for hydroxylation is 1. The monoisotopic (exact) mass is 310 g/mol. The first kappa shape index (κ1) is 15.0. The lowest BCUT2D eigenvalue weighted by molar-refractivity contribution is 0.00500. The highest BCUT2D eigenvalue weighted by atomic mass is 32.1. The second kappa shape index (κ2) is 6.87. The van der Waals surface area contributed by atoms with E-state index in [0.29, 0.717) is 13.2 Å². The van der Waals surface area contributed by atoms with Gasteiger partial charge in [0.1, 0.15) is 12.7 Å². The first-order chi connectivity index (χ1) is 10.2. The fourth-order valence-electron chi connectivity index (χ4n) is 2.79. The minimum absolute atomic E-state index is 0.310. The van der Waals surface area contributed by atoms with Gasteiger partial charge < -0.3 is 20.0 Å². The molecule has 1 aliphatic carbocycles. The summed E-state index contributed by atoms with van der Waals surface area (Å²) < 4.78 is 11.0. The summed E-state index contributed by atoms with van der Waals surface area (Å²) in [5.41, 5.74) is 1.76. The average Bonchev–Trinajstić information content (AvgIpc) is 2.91. The molecule has 1 aromatic rings. The van der Waals surface area contributed by atoms with Crippen LogP contribution >= 0.6 is 11.3 Å². The van der Waals surface area contributed by atoms with Gasteiger partial charge in [-0.15, -0.1) is 11.3 Å². The van der Waals surface area contributed by atoms with Crippen molar-refractivity contribution in [2.45, 2.75) is 25.4 Å². The van der Waals surface area contributed by atoms with Crippen molar-refractivity contribution in [2.24, 2.45) is 0 Å². The van der Waals surface area contributed by atoms with E-state index in [4.69, 9.17) is 14.9 Å². The number of hydrogen-bond donors (Lipinski definition) is 2. The van der Waals surface area contributed by atoms with Gasteiger partial charge in [0.2, 0.25) is 0 Å². The smallest absolute Gasteiger partial charge is 0.174 e. The molecule has 1 atom stereocenters. The van der Waals surface area contributed by atoms with Gasteiger partial charge in [-0.2, -0.15) is 0 Å². The predicted molar refractivity (Wildman–Crippen MR) is 82.8 cm³/mol. The van der Waals surface area contributed by atoms with Gasteiger partial charge in [-0.3, -0.25) is 4.90 Å². The fraction of sp³-hybridized carbons (Fsp3) is 0.667. The van der Waals surface area contributed by atoms with Crippen molar-refractivity contribution in [3.63, 3.8) is 0 Å². The summed E-state index contributed by atoms with van der Waals surface area (Å²) in [6, 6.07) is 1.96. The summed E-state index contributed by atoms with van der Waals surface area (Å²) in [7, 11) is 0. The number of rotatable bonds is 5. The zero-order valence-corrected chi connectivity index (χ0v) is 13.0. The maximum Gasteiger partial charge on any atom is 0.174 e. The average molecular weight is 310 g/mol. The van der Waals surface area contributed by atoms with Crippen LogP contribution in [-0.4, -0.2) is 61.3 Å². The minimum Gasteiger partial charge on any atom is -0.481 e. The van der Waals surface area contributed by atoms with Crippen LogP contribution in [-0.2, 0) is 11.2 Å². The summed E-state index contributed by atoms with van der Waals surface area (Å²) in [5, 5.41) is 18.9. The highest BCUT2D eigenvalue weighted by molar-refractivity contribution is 7.14. The third-order valence-corrected chi connectivity index (χ3v) is 5.04. The van der Waals surface area contributed by atoms with Crippen molar-refractivity contribution in [1.82, 2.24) is 4.90 Å². The van der Waals surface area contributed by atoms with E-state index in [2.05, 4.69) is 4.90 Å². The fourth-order valence-corrected chi connectivity index (χ4v) is 3.87. The molecule has 0 amide bonds. The molecule has 0 radical (unpaired) electrons. The molecular formula is C15H22N2O3S. The lowest BCUT2D eigenvalue weighted by Crippen LogP contribution is -2.42. The lowest BCUT2D eigenvalue weighted by Gasteiger charge is -2.28. The van der Waals surface area contributed by atoms with Gasteiger partial charge >= 0.3 is 0 Å². The zero-order chi connectivity index (χ0) is 14.7. The van der Waals surface area contributed by atoms with Crippen LogP contribution in [0.1, 0.15) is 23.3 Å². The third-order valence-electron chi connectivity index (χ3n) is 3.93. The Kier molecular flexibility index (Phi) is 4.90. The number of aliphatic hydroxyl groups is 1. The molecule has 1 aliphatic heterocycles. The van der Waals surface area contributed by atoms with E-state index >= 15 is 0 Å². The Bertz CT molecular complexity index is 497. The zero-order valence-electron chi connectivity index (χ0n) is 12.1. The Morgan fingerprint density at radius 3 is 2.95 bits per heavy atom. The normalized spacial score (nSPS) is 21.1. The van der Waals surface area contributed by atoms with Crippen molar-refractivity contribution in [2.75, 3.05) is 39.5 Å². The largest absolute Gasteiger partial charge is 0.481 e. The van der Waals surface area contributed by atoms with Crippen LogP contribution in [0.5, 0.6) is 5.06 Å². The molecule has 1 fully saturated rings. The summed E-state index contributed by atoms with van der Waals surface area (Å²) in [5.74, 6) is 0. The number of ether oxygens (including phenoxy) is 2. The number of thiophene rings is 1. The summed E-state index contributed by atoms with van der Waals surface area (Å²) in [6.07, 6.45) is 2.48. The summed E-state index contributed by atoms with van der Waals surface area (Å²) in [4.78, 5) is 3.45. The molecule has 21 heavy (non-hydrogen) atoms. The van der Waals surface area contributed by atoms with E-state index in [1.807, 2.05) is 6.07 Å². The Balaban J connectivity index is 1.49. The Morgan fingerprint density at radius 1 is 1.38 bits per heavy atom. The molecule has 1 aromatic heterocycles. The number of nitrogens with one attached hydrogen (secondary N) is 1. The predicted octanol–water partition coefficient (Wildman–Crippen LogP) is 1.52. The van der Waals surface area contributed by atoms with Crippen LogP contribution in [0.25, 0.3) is 0 Å². The van der Waals surface area contributed by atoms with Gasteiger partial charge in [0.05, 0.1) is 13.2 Å². The molecule has 5 nitrogen and oxygen atoms in total. The Hall–Kier alpha value is -0.950. The molecule has 6 heteroatoms. The molecule has 116 valence electrons. The molecule has 0 aromatic carbocycles. The van der Waals surface area contributed by atoms with E-state index in [0.717, 1.165) is 61.9 Å². The van der Waals surface area contributed by atoms with Crippen LogP contribution in [0.4, 0.5) is 0 Å². The number of β-amino-alcohol motifs (C(OH)–C–C–N with tert-alkyl or cyclic N) is 1. The molecule has 0 spiro atoms. The van der Waals surface area contributed by atoms with Crippen molar-refractivity contribution in [1.29, 1.82) is 5.41 Å². The SMILES string of the molecule is N=C1CCCc2sc(OCC(O)CN3CCOCC3)cc21. The first-order valence-corrected chi connectivity index (χ1v) is 8.35. The van der Waals surface area contributed by atoms with Crippen LogP contribution in [0.15, 0.2) is 6.07 Å². The van der Waals surface area contributed by atoms with Gasteiger partial charge in [0.15, 0.2) is 5.06 Å². The van der Waals surface area contributed by atoms with E-state index in [1.54, 1.807) is 11.3 Å². The van der Waals surface area contributed by atoms with Gasteiger partial charge in [0.25, 0.3) is 0 Å². The molecule has 2 heterocycles. The van der Waals surface area contributed by atoms with E-state index in [1.165, 1.54) is 4.88 Å². The van der Waals surface area contributed by atoms with E-state index in [-0.39, 0.29) is 0 Å². The quantitative estimate of drug-likeness (QED) is 0.865. The second-order valence-electron chi connectivity index (χ2n) is 5.61. The standard InChI is InChI=1S/C15H22N2O3S/c16-13-2-1-3-14-12(13)8-15(21-14)20-10-11(18)9-17-4-6-19-7-5-17/h8,11,16,18H,1-7,9-10H2. The van der Waals surface area contributed by atoms with Crippen LogP contribution in [0, 0.1) is 5.41 Å². The Morgan fingerprint density at radius 2 is 2.19 bits per heavy atom. The molecule has 3 rings (SSSR count). The first-order valence-electron chi connectivity index (χ1n) is 7.54. The van der Waals surface area contributed by atoms with Crippen molar-refractivity contribution >= 4 is 17.0 Å². The van der Waals surface area contributed by atoms with Crippen molar-refractivity contribution < 1.29 is 14.6 Å². The molecule has 0 saturated carbocycles. The number of aliphatic hydroxyl groups excluding tert-OH is 1. The number of nitrogens with zero attached hydrogens (tertiary/aromatic N) is 1. The maximum atomic E-state index is 10.1. The Labute approximate surface area is 129 Å². The highest BCUT2D eigenvalue weighted by Crippen LogP contribution is 2.34. The summed E-state index contributed by atoms with van der Waals surface area (Å²) >= 11 is 1.62. The number of hydrogen-bond acceptors (Lipinski definition) is 6. The topological polar surface area (TPSA) is 65.8 Å². The molecule has 2 aliphatic rings. The van der Waals surface area contributed by atoms with Gasteiger partial charge in [-0.05, 0) is 19.3 Å². The van der Waals surface area contributed by atoms with Crippen LogP contribution in [0.3, 0.4) is 0 Å². The number of fused-ring (bicyclic) bond motifs is 1. The van der Waals surface area contributed by atoms with Crippen molar-refractivity contribution in [3.05, 3.63) is 16.5 Å². The number of morpholine rings is 1. The highest BCUT2D eigenvalue weighted by Gasteiger charge is 2.19. The van der Waals surface area contributed by atoms with Crippen molar-refractivity contribution in [3.8, 4) is 5.06 Å².